The summed E-state index contributed by atoms with van der Waals surface area (Å²) in [6, 6.07) is 11.4. The highest BCUT2D eigenvalue weighted by Gasteiger charge is 2.00. The molecule has 1 N–H and O–H groups in total. The number of aliphatic carboxylic acids is 1. The Bertz CT molecular complexity index is 546. The summed E-state index contributed by atoms with van der Waals surface area (Å²) >= 11 is 0. The zero-order chi connectivity index (χ0) is 13.4. The first-order chi connectivity index (χ1) is 8.63. The van der Waals surface area contributed by atoms with Crippen molar-refractivity contribution in [1.82, 2.24) is 0 Å². The Labute approximate surface area is 106 Å². The van der Waals surface area contributed by atoms with Crippen molar-refractivity contribution in [3.8, 4) is 6.07 Å². The van der Waals surface area contributed by atoms with E-state index in [2.05, 4.69) is 0 Å². The number of benzene rings is 1. The van der Waals surface area contributed by atoms with Gasteiger partial charge in [0.2, 0.25) is 0 Å². The van der Waals surface area contributed by atoms with Crippen LogP contribution in [0, 0.1) is 11.3 Å². The summed E-state index contributed by atoms with van der Waals surface area (Å²) in [7, 11) is 0. The highest BCUT2D eigenvalue weighted by atomic mass is 16.4. The van der Waals surface area contributed by atoms with E-state index in [4.69, 9.17) is 10.4 Å². The molecule has 3 heteroatoms. The van der Waals surface area contributed by atoms with Gasteiger partial charge in [-0.2, -0.15) is 5.26 Å². The minimum atomic E-state index is -0.973. The molecule has 0 aromatic heterocycles. The van der Waals surface area contributed by atoms with Crippen molar-refractivity contribution in [2.75, 3.05) is 0 Å². The van der Waals surface area contributed by atoms with E-state index < -0.39 is 5.97 Å². The molecule has 0 fully saturated rings. The molecule has 0 saturated heterocycles. The van der Waals surface area contributed by atoms with Crippen molar-refractivity contribution < 1.29 is 9.90 Å². The maximum absolute atomic E-state index is 10.8. The third-order valence-electron chi connectivity index (χ3n) is 2.20. The van der Waals surface area contributed by atoms with Crippen LogP contribution < -0.4 is 0 Å². The highest BCUT2D eigenvalue weighted by molar-refractivity contribution is 5.87. The summed E-state index contributed by atoms with van der Waals surface area (Å²) in [5, 5.41) is 17.4. The Morgan fingerprint density at radius 1 is 1.33 bits per heavy atom. The fourth-order valence-electron chi connectivity index (χ4n) is 1.32. The third kappa shape index (κ3) is 4.50. The standard InChI is InChI=1S/C15H13NO2/c1-12(15(17)18)10-14(8-5-9-16)11-13-6-3-2-4-7-13/h2-8,10-11H,1H3,(H,17,18). The minimum absolute atomic E-state index is 0.222. The molecule has 0 unspecified atom stereocenters. The SMILES string of the molecule is CC(=CC(C=CC#N)=Cc1ccccc1)C(=O)O. The van der Waals surface area contributed by atoms with E-state index in [1.807, 2.05) is 42.5 Å². The minimum Gasteiger partial charge on any atom is -0.478 e. The number of nitriles is 1. The molecule has 1 aromatic carbocycles. The van der Waals surface area contributed by atoms with Gasteiger partial charge in [0.15, 0.2) is 0 Å². The summed E-state index contributed by atoms with van der Waals surface area (Å²) in [5.74, 6) is -0.973. The molecule has 1 rings (SSSR count). The predicted molar refractivity (Wildman–Crippen MR) is 70.6 cm³/mol. The van der Waals surface area contributed by atoms with Crippen molar-refractivity contribution >= 4 is 12.0 Å². The second-order valence-corrected chi connectivity index (χ2v) is 3.65. The molecule has 0 radical (unpaired) electrons. The average molecular weight is 239 g/mol. The summed E-state index contributed by atoms with van der Waals surface area (Å²) in [5.41, 5.74) is 1.84. The largest absolute Gasteiger partial charge is 0.478 e. The van der Waals surface area contributed by atoms with Gasteiger partial charge in [-0.15, -0.1) is 0 Å². The zero-order valence-corrected chi connectivity index (χ0v) is 10.00. The molecule has 0 spiro atoms. The van der Waals surface area contributed by atoms with Crippen LogP contribution in [0.25, 0.3) is 6.08 Å². The van der Waals surface area contributed by atoms with Gasteiger partial charge in [-0.05, 0) is 36.3 Å². The monoisotopic (exact) mass is 239 g/mol. The smallest absolute Gasteiger partial charge is 0.331 e. The first-order valence-electron chi connectivity index (χ1n) is 5.38. The van der Waals surface area contributed by atoms with Crippen LogP contribution in [0.4, 0.5) is 0 Å². The lowest BCUT2D eigenvalue weighted by molar-refractivity contribution is -0.132. The van der Waals surface area contributed by atoms with E-state index in [9.17, 15) is 4.79 Å². The number of carboxylic acid groups (broad SMARTS) is 1. The van der Waals surface area contributed by atoms with E-state index in [0.717, 1.165) is 5.56 Å². The predicted octanol–water partition coefficient (Wildman–Crippen LogP) is 3.18. The molecule has 0 atom stereocenters. The van der Waals surface area contributed by atoms with Gasteiger partial charge in [-0.25, -0.2) is 4.79 Å². The first kappa shape index (κ1) is 13.5. The number of hydrogen-bond acceptors (Lipinski definition) is 2. The zero-order valence-electron chi connectivity index (χ0n) is 10.00. The second kappa shape index (κ2) is 6.87. The Morgan fingerprint density at radius 2 is 2.00 bits per heavy atom. The van der Waals surface area contributed by atoms with Gasteiger partial charge >= 0.3 is 5.97 Å². The normalized spacial score (nSPS) is 12.4. The summed E-state index contributed by atoms with van der Waals surface area (Å²) in [4.78, 5) is 10.8. The molecule has 18 heavy (non-hydrogen) atoms. The van der Waals surface area contributed by atoms with Gasteiger partial charge in [0.05, 0.1) is 6.07 Å². The van der Waals surface area contributed by atoms with Crippen LogP contribution >= 0.6 is 0 Å². The van der Waals surface area contributed by atoms with Crippen LogP contribution in [0.3, 0.4) is 0 Å². The number of rotatable bonds is 4. The Balaban J connectivity index is 3.11. The van der Waals surface area contributed by atoms with Crippen molar-refractivity contribution in [2.24, 2.45) is 0 Å². The summed E-state index contributed by atoms with van der Waals surface area (Å²) in [6.45, 7) is 1.52. The van der Waals surface area contributed by atoms with Gasteiger partial charge in [0.1, 0.15) is 0 Å². The van der Waals surface area contributed by atoms with E-state index in [0.29, 0.717) is 5.57 Å². The van der Waals surface area contributed by atoms with Crippen molar-refractivity contribution in [3.05, 3.63) is 65.3 Å². The van der Waals surface area contributed by atoms with Gasteiger partial charge in [-0.1, -0.05) is 30.3 Å². The molecule has 0 aliphatic heterocycles. The maximum Gasteiger partial charge on any atom is 0.331 e. The molecule has 1 aromatic rings. The number of nitrogens with zero attached hydrogens (tertiary/aromatic N) is 1. The molecule has 0 saturated carbocycles. The van der Waals surface area contributed by atoms with E-state index in [1.165, 1.54) is 19.1 Å². The maximum atomic E-state index is 10.8. The molecular formula is C15H13NO2. The van der Waals surface area contributed by atoms with Gasteiger partial charge < -0.3 is 5.11 Å². The van der Waals surface area contributed by atoms with Crippen molar-refractivity contribution in [3.63, 3.8) is 0 Å². The fraction of sp³-hybridized carbons (Fsp3) is 0.0667. The number of hydrogen-bond donors (Lipinski definition) is 1. The van der Waals surface area contributed by atoms with E-state index in [-0.39, 0.29) is 5.57 Å². The van der Waals surface area contributed by atoms with Gasteiger partial charge in [0.25, 0.3) is 0 Å². The number of allylic oxidation sites excluding steroid dienone is 4. The van der Waals surface area contributed by atoms with Crippen LogP contribution in [0.2, 0.25) is 0 Å². The lowest BCUT2D eigenvalue weighted by Gasteiger charge is -1.98. The van der Waals surface area contributed by atoms with Crippen LogP contribution in [0.1, 0.15) is 12.5 Å². The molecule has 0 amide bonds. The Morgan fingerprint density at radius 3 is 2.56 bits per heavy atom. The van der Waals surface area contributed by atoms with Gasteiger partial charge in [-0.3, -0.25) is 0 Å². The van der Waals surface area contributed by atoms with Gasteiger partial charge in [0, 0.05) is 11.6 Å². The number of carboxylic acids is 1. The van der Waals surface area contributed by atoms with E-state index in [1.54, 1.807) is 6.08 Å². The molecule has 0 aliphatic rings. The molecule has 3 nitrogen and oxygen atoms in total. The Hall–Kier alpha value is -2.60. The molecular weight excluding hydrogens is 226 g/mol. The molecule has 0 heterocycles. The van der Waals surface area contributed by atoms with Crippen LogP contribution in [0.15, 0.2) is 59.7 Å². The first-order valence-corrected chi connectivity index (χ1v) is 5.38. The Kier molecular flexibility index (Phi) is 5.14. The summed E-state index contributed by atoms with van der Waals surface area (Å²) in [6.07, 6.45) is 6.25. The van der Waals surface area contributed by atoms with Crippen molar-refractivity contribution in [2.45, 2.75) is 6.92 Å². The van der Waals surface area contributed by atoms with Crippen LogP contribution in [0.5, 0.6) is 0 Å². The topological polar surface area (TPSA) is 61.1 Å². The van der Waals surface area contributed by atoms with Crippen LogP contribution in [-0.2, 0) is 4.79 Å². The lowest BCUT2D eigenvalue weighted by atomic mass is 10.1. The molecule has 90 valence electrons. The molecule has 0 aliphatic carbocycles. The third-order valence-corrected chi connectivity index (χ3v) is 2.20. The quantitative estimate of drug-likeness (QED) is 0.498. The highest BCUT2D eigenvalue weighted by Crippen LogP contribution is 2.11. The van der Waals surface area contributed by atoms with Crippen molar-refractivity contribution in [1.29, 1.82) is 5.26 Å². The fourth-order valence-corrected chi connectivity index (χ4v) is 1.32. The summed E-state index contributed by atoms with van der Waals surface area (Å²) < 4.78 is 0. The van der Waals surface area contributed by atoms with Crippen LogP contribution in [-0.4, -0.2) is 11.1 Å². The average Bonchev–Trinajstić information content (AvgIpc) is 2.37. The molecule has 0 bridgehead atoms. The number of carbonyl (C=O) groups is 1. The van der Waals surface area contributed by atoms with E-state index >= 15 is 0 Å². The second-order valence-electron chi connectivity index (χ2n) is 3.65. The lowest BCUT2D eigenvalue weighted by Crippen LogP contribution is -1.96.